The molecular weight excluding hydrogens is 252 g/mol. The van der Waals surface area contributed by atoms with Crippen LogP contribution in [0.1, 0.15) is 16.7 Å². The summed E-state index contributed by atoms with van der Waals surface area (Å²) in [6, 6.07) is 23.4. The number of benzene rings is 3. The zero-order valence-electron chi connectivity index (χ0n) is 12.6. The SMILES string of the molecule is [CH2]c1cccc(-c2ccccc2C)c1-c1ccccc1C. The third-order valence-electron chi connectivity index (χ3n) is 4.00. The molecule has 0 atom stereocenters. The molecule has 0 unspecified atom stereocenters. The van der Waals surface area contributed by atoms with E-state index in [1.165, 1.54) is 33.4 Å². The van der Waals surface area contributed by atoms with Crippen LogP contribution in [0.25, 0.3) is 22.3 Å². The van der Waals surface area contributed by atoms with Crippen molar-refractivity contribution in [3.8, 4) is 22.3 Å². The lowest BCUT2D eigenvalue weighted by atomic mass is 9.87. The molecule has 0 bridgehead atoms. The fraction of sp³-hybridized carbons (Fsp3) is 0.0952. The predicted octanol–water partition coefficient (Wildman–Crippen LogP) is 5.82. The molecule has 0 spiro atoms. The topological polar surface area (TPSA) is 0 Å². The third kappa shape index (κ3) is 2.50. The van der Waals surface area contributed by atoms with E-state index in [0.29, 0.717) is 0 Å². The van der Waals surface area contributed by atoms with E-state index in [9.17, 15) is 0 Å². The van der Waals surface area contributed by atoms with Crippen molar-refractivity contribution in [3.63, 3.8) is 0 Å². The lowest BCUT2D eigenvalue weighted by Gasteiger charge is -2.16. The molecular formula is C21H19. The summed E-state index contributed by atoms with van der Waals surface area (Å²) in [6.07, 6.45) is 0. The van der Waals surface area contributed by atoms with Gasteiger partial charge in [0.05, 0.1) is 0 Å². The Morgan fingerprint density at radius 3 is 1.71 bits per heavy atom. The minimum atomic E-state index is 1.07. The highest BCUT2D eigenvalue weighted by atomic mass is 14.2. The van der Waals surface area contributed by atoms with Gasteiger partial charge in [-0.05, 0) is 59.7 Å². The van der Waals surface area contributed by atoms with E-state index in [2.05, 4.69) is 87.5 Å². The van der Waals surface area contributed by atoms with Gasteiger partial charge in [-0.1, -0.05) is 66.7 Å². The highest BCUT2D eigenvalue weighted by molar-refractivity contribution is 5.88. The van der Waals surface area contributed by atoms with Gasteiger partial charge in [0.15, 0.2) is 0 Å². The van der Waals surface area contributed by atoms with Crippen LogP contribution in [0.3, 0.4) is 0 Å². The van der Waals surface area contributed by atoms with E-state index in [1.807, 2.05) is 0 Å². The average Bonchev–Trinajstić information content (AvgIpc) is 2.49. The Hall–Kier alpha value is -2.34. The van der Waals surface area contributed by atoms with E-state index in [1.54, 1.807) is 0 Å². The molecule has 3 aromatic rings. The lowest BCUT2D eigenvalue weighted by Crippen LogP contribution is -1.92. The summed E-state index contributed by atoms with van der Waals surface area (Å²) >= 11 is 0. The average molecular weight is 271 g/mol. The Morgan fingerprint density at radius 2 is 1.10 bits per heavy atom. The van der Waals surface area contributed by atoms with Crippen molar-refractivity contribution in [2.24, 2.45) is 0 Å². The molecule has 0 fully saturated rings. The Bertz CT molecular complexity index is 782. The summed E-state index contributed by atoms with van der Waals surface area (Å²) in [5.74, 6) is 0. The van der Waals surface area contributed by atoms with Crippen molar-refractivity contribution in [1.29, 1.82) is 0 Å². The van der Waals surface area contributed by atoms with Crippen LogP contribution >= 0.6 is 0 Å². The molecule has 0 amide bonds. The van der Waals surface area contributed by atoms with Crippen LogP contribution in [0.2, 0.25) is 0 Å². The van der Waals surface area contributed by atoms with Gasteiger partial charge in [-0.15, -0.1) is 0 Å². The van der Waals surface area contributed by atoms with Crippen LogP contribution in [0.5, 0.6) is 0 Å². The van der Waals surface area contributed by atoms with E-state index in [0.717, 1.165) is 5.56 Å². The molecule has 3 rings (SSSR count). The van der Waals surface area contributed by atoms with E-state index >= 15 is 0 Å². The number of hydrogen-bond donors (Lipinski definition) is 0. The minimum Gasteiger partial charge on any atom is -0.0620 e. The van der Waals surface area contributed by atoms with Gasteiger partial charge in [-0.2, -0.15) is 0 Å². The monoisotopic (exact) mass is 271 g/mol. The Labute approximate surface area is 127 Å². The second-order valence-electron chi connectivity index (χ2n) is 5.47. The quantitative estimate of drug-likeness (QED) is 0.551. The molecule has 21 heavy (non-hydrogen) atoms. The van der Waals surface area contributed by atoms with Crippen LogP contribution in [0.4, 0.5) is 0 Å². The first-order valence-electron chi connectivity index (χ1n) is 7.25. The van der Waals surface area contributed by atoms with Gasteiger partial charge in [0.1, 0.15) is 0 Å². The summed E-state index contributed by atoms with van der Waals surface area (Å²) in [6.45, 7) is 8.57. The van der Waals surface area contributed by atoms with Crippen molar-refractivity contribution in [2.75, 3.05) is 0 Å². The highest BCUT2D eigenvalue weighted by Crippen LogP contribution is 2.37. The van der Waals surface area contributed by atoms with Crippen LogP contribution in [0.15, 0.2) is 66.7 Å². The van der Waals surface area contributed by atoms with Crippen molar-refractivity contribution < 1.29 is 0 Å². The summed E-state index contributed by atoms with van der Waals surface area (Å²) < 4.78 is 0. The number of hydrogen-bond acceptors (Lipinski definition) is 0. The highest BCUT2D eigenvalue weighted by Gasteiger charge is 2.12. The van der Waals surface area contributed by atoms with Gasteiger partial charge >= 0.3 is 0 Å². The van der Waals surface area contributed by atoms with Crippen LogP contribution in [-0.4, -0.2) is 0 Å². The van der Waals surface area contributed by atoms with Gasteiger partial charge in [-0.3, -0.25) is 0 Å². The molecule has 3 aromatic carbocycles. The van der Waals surface area contributed by atoms with Gasteiger partial charge in [0.25, 0.3) is 0 Å². The van der Waals surface area contributed by atoms with Gasteiger partial charge in [0, 0.05) is 0 Å². The molecule has 0 heteroatoms. The largest absolute Gasteiger partial charge is 0.0620 e. The first kappa shape index (κ1) is 13.6. The van der Waals surface area contributed by atoms with E-state index < -0.39 is 0 Å². The molecule has 0 aliphatic heterocycles. The second-order valence-corrected chi connectivity index (χ2v) is 5.47. The normalized spacial score (nSPS) is 10.6. The molecule has 0 N–H and O–H groups in total. The Kier molecular flexibility index (Phi) is 3.62. The maximum absolute atomic E-state index is 4.25. The van der Waals surface area contributed by atoms with Crippen molar-refractivity contribution >= 4 is 0 Å². The summed E-state index contributed by atoms with van der Waals surface area (Å²) in [4.78, 5) is 0. The summed E-state index contributed by atoms with van der Waals surface area (Å²) in [5, 5.41) is 0. The van der Waals surface area contributed by atoms with Gasteiger partial charge in [-0.25, -0.2) is 0 Å². The first-order chi connectivity index (χ1) is 10.2. The van der Waals surface area contributed by atoms with Crippen molar-refractivity contribution in [2.45, 2.75) is 13.8 Å². The molecule has 0 saturated carbocycles. The van der Waals surface area contributed by atoms with Crippen LogP contribution in [0, 0.1) is 20.8 Å². The van der Waals surface area contributed by atoms with E-state index in [-0.39, 0.29) is 0 Å². The smallest absolute Gasteiger partial charge is 0.00704 e. The Balaban J connectivity index is 2.32. The zero-order valence-corrected chi connectivity index (χ0v) is 12.6. The lowest BCUT2D eigenvalue weighted by molar-refractivity contribution is 1.42. The van der Waals surface area contributed by atoms with Gasteiger partial charge in [0.2, 0.25) is 0 Å². The maximum Gasteiger partial charge on any atom is -0.00704 e. The fourth-order valence-corrected chi connectivity index (χ4v) is 2.87. The fourth-order valence-electron chi connectivity index (χ4n) is 2.87. The van der Waals surface area contributed by atoms with Crippen LogP contribution < -0.4 is 0 Å². The molecule has 0 aliphatic carbocycles. The molecule has 0 heterocycles. The summed E-state index contributed by atoms with van der Waals surface area (Å²) in [5.41, 5.74) is 8.69. The number of rotatable bonds is 2. The number of aryl methyl sites for hydroxylation is 2. The second kappa shape index (κ2) is 5.57. The standard InChI is InChI=1S/C21H19/c1-15-9-4-6-12-18(15)20-14-8-11-17(3)21(20)19-13-7-5-10-16(19)2/h4-14H,3H2,1-2H3. The Morgan fingerprint density at radius 1 is 0.571 bits per heavy atom. The minimum absolute atomic E-state index is 1.07. The maximum atomic E-state index is 4.25. The van der Waals surface area contributed by atoms with Crippen molar-refractivity contribution in [1.82, 2.24) is 0 Å². The molecule has 0 aromatic heterocycles. The van der Waals surface area contributed by atoms with Gasteiger partial charge < -0.3 is 0 Å². The third-order valence-corrected chi connectivity index (χ3v) is 4.00. The molecule has 0 aliphatic rings. The molecule has 0 nitrogen and oxygen atoms in total. The predicted molar refractivity (Wildman–Crippen MR) is 91.2 cm³/mol. The van der Waals surface area contributed by atoms with Crippen LogP contribution in [-0.2, 0) is 0 Å². The zero-order chi connectivity index (χ0) is 14.8. The van der Waals surface area contributed by atoms with E-state index in [4.69, 9.17) is 0 Å². The molecule has 103 valence electrons. The van der Waals surface area contributed by atoms with Crippen molar-refractivity contribution in [3.05, 3.63) is 90.3 Å². The molecule has 0 saturated heterocycles. The molecule has 1 radical (unpaired) electrons. The first-order valence-corrected chi connectivity index (χ1v) is 7.25. The summed E-state index contributed by atoms with van der Waals surface area (Å²) in [7, 11) is 0.